The first-order valence-electron chi connectivity index (χ1n) is 10.3. The van der Waals surface area contributed by atoms with Crippen molar-refractivity contribution >= 4 is 11.9 Å². The van der Waals surface area contributed by atoms with Crippen molar-refractivity contribution in [1.29, 1.82) is 0 Å². The molecule has 0 radical (unpaired) electrons. The van der Waals surface area contributed by atoms with Crippen molar-refractivity contribution in [2.75, 3.05) is 6.61 Å². The number of ether oxygens (including phenoxy) is 1. The maximum absolute atomic E-state index is 13.3. The summed E-state index contributed by atoms with van der Waals surface area (Å²) in [5.74, 6) is -1.06. The van der Waals surface area contributed by atoms with Gasteiger partial charge in [0.15, 0.2) is 12.3 Å². The molecule has 0 bridgehead atoms. The van der Waals surface area contributed by atoms with Gasteiger partial charge in [-0.2, -0.15) is 5.10 Å². The van der Waals surface area contributed by atoms with Crippen LogP contribution in [0.1, 0.15) is 61.3 Å². The second kappa shape index (κ2) is 7.97. The maximum atomic E-state index is 13.3. The standard InChI is InChI=1S/C22H26FN3O3/c1-14-5-3-6-15(2)25(14)20(27)13-29-22(28)21-18-7-4-8-19(18)26(24-21)17-11-9-16(23)10-12-17/h9-12,14-15H,3-8,13H2,1-2H3/t14-,15+. The van der Waals surface area contributed by atoms with Gasteiger partial charge in [-0.25, -0.2) is 13.9 Å². The first kappa shape index (κ1) is 19.6. The molecule has 1 aromatic heterocycles. The topological polar surface area (TPSA) is 64.4 Å². The van der Waals surface area contributed by atoms with Crippen LogP contribution in [0.5, 0.6) is 0 Å². The summed E-state index contributed by atoms with van der Waals surface area (Å²) in [6, 6.07) is 6.34. The van der Waals surface area contributed by atoms with Crippen molar-refractivity contribution in [2.24, 2.45) is 0 Å². The van der Waals surface area contributed by atoms with E-state index in [1.807, 2.05) is 18.7 Å². The number of esters is 1. The smallest absolute Gasteiger partial charge is 0.359 e. The molecule has 29 heavy (non-hydrogen) atoms. The molecule has 2 heterocycles. The van der Waals surface area contributed by atoms with E-state index < -0.39 is 5.97 Å². The van der Waals surface area contributed by atoms with E-state index in [-0.39, 0.29) is 36.1 Å². The van der Waals surface area contributed by atoms with Crippen LogP contribution in [-0.4, -0.2) is 45.2 Å². The highest BCUT2D eigenvalue weighted by molar-refractivity contribution is 5.91. The Balaban J connectivity index is 1.50. The molecule has 1 aromatic carbocycles. The number of nitrogens with zero attached hydrogens (tertiary/aromatic N) is 3. The summed E-state index contributed by atoms with van der Waals surface area (Å²) in [4.78, 5) is 27.2. The molecule has 1 aliphatic carbocycles. The summed E-state index contributed by atoms with van der Waals surface area (Å²) in [7, 11) is 0. The van der Waals surface area contributed by atoms with Gasteiger partial charge in [0.2, 0.25) is 0 Å². The van der Waals surface area contributed by atoms with E-state index in [0.29, 0.717) is 5.69 Å². The lowest BCUT2D eigenvalue weighted by Crippen LogP contribution is -2.49. The lowest BCUT2D eigenvalue weighted by atomic mass is 9.97. The first-order chi connectivity index (χ1) is 14.0. The molecule has 2 aromatic rings. The van der Waals surface area contributed by atoms with Gasteiger partial charge in [-0.15, -0.1) is 0 Å². The van der Waals surface area contributed by atoms with E-state index in [0.717, 1.165) is 49.8 Å². The van der Waals surface area contributed by atoms with Crippen LogP contribution >= 0.6 is 0 Å². The van der Waals surface area contributed by atoms with Crippen LogP contribution < -0.4 is 0 Å². The van der Waals surface area contributed by atoms with Crippen LogP contribution in [0.15, 0.2) is 24.3 Å². The minimum atomic E-state index is -0.574. The predicted octanol–water partition coefficient (Wildman–Crippen LogP) is 3.45. The van der Waals surface area contributed by atoms with Crippen molar-refractivity contribution in [1.82, 2.24) is 14.7 Å². The Morgan fingerprint density at radius 2 is 1.79 bits per heavy atom. The van der Waals surface area contributed by atoms with Gasteiger partial charge < -0.3 is 9.64 Å². The van der Waals surface area contributed by atoms with E-state index in [1.165, 1.54) is 12.1 Å². The second-order valence-corrected chi connectivity index (χ2v) is 8.02. The normalized spacial score (nSPS) is 21.1. The SMILES string of the molecule is C[C@@H]1CCC[C@H](C)N1C(=O)COC(=O)c1nn(-c2ccc(F)cc2)c2c1CCC2. The van der Waals surface area contributed by atoms with E-state index in [9.17, 15) is 14.0 Å². The van der Waals surface area contributed by atoms with E-state index in [1.54, 1.807) is 16.8 Å². The molecule has 0 N–H and O–H groups in total. The Morgan fingerprint density at radius 3 is 2.48 bits per heavy atom. The highest BCUT2D eigenvalue weighted by Crippen LogP contribution is 2.28. The second-order valence-electron chi connectivity index (χ2n) is 8.02. The average Bonchev–Trinajstić information content (AvgIpc) is 3.29. The zero-order valence-corrected chi connectivity index (χ0v) is 16.9. The largest absolute Gasteiger partial charge is 0.451 e. The van der Waals surface area contributed by atoms with Gasteiger partial charge in [0.05, 0.1) is 5.69 Å². The fraction of sp³-hybridized carbons (Fsp3) is 0.500. The molecule has 6 nitrogen and oxygen atoms in total. The van der Waals surface area contributed by atoms with Crippen LogP contribution in [0.25, 0.3) is 5.69 Å². The zero-order chi connectivity index (χ0) is 20.5. The fourth-order valence-corrected chi connectivity index (χ4v) is 4.58. The number of fused-ring (bicyclic) bond motifs is 1. The molecule has 0 spiro atoms. The molecule has 4 rings (SSSR count). The number of hydrogen-bond acceptors (Lipinski definition) is 4. The number of likely N-dealkylation sites (tertiary alicyclic amines) is 1. The number of piperidine rings is 1. The number of amides is 1. The summed E-state index contributed by atoms with van der Waals surface area (Å²) < 4.78 is 20.3. The van der Waals surface area contributed by atoms with Crippen molar-refractivity contribution in [3.63, 3.8) is 0 Å². The van der Waals surface area contributed by atoms with Crippen molar-refractivity contribution in [3.05, 3.63) is 47.0 Å². The molecule has 154 valence electrons. The number of benzene rings is 1. The minimum absolute atomic E-state index is 0.159. The van der Waals surface area contributed by atoms with Crippen molar-refractivity contribution in [3.8, 4) is 5.69 Å². The van der Waals surface area contributed by atoms with E-state index in [2.05, 4.69) is 5.10 Å². The fourth-order valence-electron chi connectivity index (χ4n) is 4.58. The highest BCUT2D eigenvalue weighted by Gasteiger charge is 2.31. The highest BCUT2D eigenvalue weighted by atomic mass is 19.1. The summed E-state index contributed by atoms with van der Waals surface area (Å²) in [5, 5.41) is 4.45. The molecule has 2 aliphatic rings. The molecule has 0 unspecified atom stereocenters. The molecule has 1 amide bonds. The first-order valence-corrected chi connectivity index (χ1v) is 10.3. The number of carbonyl (C=O) groups excluding carboxylic acids is 2. The molecule has 1 fully saturated rings. The van der Waals surface area contributed by atoms with Crippen LogP contribution in [-0.2, 0) is 22.4 Å². The van der Waals surface area contributed by atoms with Gasteiger partial charge in [0, 0.05) is 23.3 Å². The Labute approximate surface area is 169 Å². The maximum Gasteiger partial charge on any atom is 0.359 e. The Bertz CT molecular complexity index is 912. The number of hydrogen-bond donors (Lipinski definition) is 0. The number of halogens is 1. The lowest BCUT2D eigenvalue weighted by molar-refractivity contribution is -0.140. The molecule has 2 atom stereocenters. The third kappa shape index (κ3) is 3.78. The molecule has 7 heteroatoms. The van der Waals surface area contributed by atoms with Crippen molar-refractivity contribution in [2.45, 2.75) is 64.5 Å². The monoisotopic (exact) mass is 399 g/mol. The molecular weight excluding hydrogens is 373 g/mol. The van der Waals surface area contributed by atoms with Gasteiger partial charge in [0.25, 0.3) is 5.91 Å². The average molecular weight is 399 g/mol. The number of carbonyl (C=O) groups is 2. The van der Waals surface area contributed by atoms with Crippen LogP contribution in [0, 0.1) is 5.82 Å². The summed E-state index contributed by atoms with van der Waals surface area (Å²) in [6.45, 7) is 3.80. The molecular formula is C22H26FN3O3. The van der Waals surface area contributed by atoms with Gasteiger partial charge in [0.1, 0.15) is 5.82 Å². The number of aromatic nitrogens is 2. The van der Waals surface area contributed by atoms with Gasteiger partial charge in [-0.05, 0) is 76.6 Å². The zero-order valence-electron chi connectivity index (χ0n) is 16.9. The van der Waals surface area contributed by atoms with Gasteiger partial charge >= 0.3 is 5.97 Å². The van der Waals surface area contributed by atoms with Crippen molar-refractivity contribution < 1.29 is 18.7 Å². The van der Waals surface area contributed by atoms with Gasteiger partial charge in [-0.3, -0.25) is 4.79 Å². The lowest BCUT2D eigenvalue weighted by Gasteiger charge is -2.38. The van der Waals surface area contributed by atoms with E-state index >= 15 is 0 Å². The van der Waals surface area contributed by atoms with Gasteiger partial charge in [-0.1, -0.05) is 0 Å². The minimum Gasteiger partial charge on any atom is -0.451 e. The van der Waals surface area contributed by atoms with Crippen LogP contribution in [0.4, 0.5) is 4.39 Å². The van der Waals surface area contributed by atoms with E-state index in [4.69, 9.17) is 4.74 Å². The number of rotatable bonds is 4. The molecule has 1 aliphatic heterocycles. The predicted molar refractivity (Wildman–Crippen MR) is 105 cm³/mol. The summed E-state index contributed by atoms with van der Waals surface area (Å²) in [5.41, 5.74) is 2.78. The summed E-state index contributed by atoms with van der Waals surface area (Å²) >= 11 is 0. The summed E-state index contributed by atoms with van der Waals surface area (Å²) in [6.07, 6.45) is 5.53. The quantitative estimate of drug-likeness (QED) is 0.739. The van der Waals surface area contributed by atoms with Crippen LogP contribution in [0.3, 0.4) is 0 Å². The third-order valence-corrected chi connectivity index (χ3v) is 6.00. The Kier molecular flexibility index (Phi) is 5.39. The molecule has 1 saturated heterocycles. The Hall–Kier alpha value is -2.70. The van der Waals surface area contributed by atoms with Crippen LogP contribution in [0.2, 0.25) is 0 Å². The Morgan fingerprint density at radius 1 is 1.10 bits per heavy atom. The molecule has 0 saturated carbocycles. The third-order valence-electron chi connectivity index (χ3n) is 6.00.